The molecule has 0 radical (unpaired) electrons. The summed E-state index contributed by atoms with van der Waals surface area (Å²) < 4.78 is 0. The third-order valence-corrected chi connectivity index (χ3v) is 5.40. The number of amides is 1. The average molecular weight is 338 g/mol. The zero-order valence-electron chi connectivity index (χ0n) is 12.7. The Hall–Kier alpha value is -0.0300. The Labute approximate surface area is 140 Å². The van der Waals surface area contributed by atoms with Gasteiger partial charge < -0.3 is 15.5 Å². The zero-order valence-corrected chi connectivity index (χ0v) is 14.4. The Balaban J connectivity index is 0.00000110. The minimum atomic E-state index is -0.0801. The monoisotopic (exact) mass is 337 g/mol. The van der Waals surface area contributed by atoms with Crippen molar-refractivity contribution in [2.75, 3.05) is 39.3 Å². The fourth-order valence-electron chi connectivity index (χ4n) is 4.20. The number of hydrogen-bond acceptors (Lipinski definition) is 3. The van der Waals surface area contributed by atoms with E-state index in [1.54, 1.807) is 0 Å². The molecular weight excluding hydrogens is 309 g/mol. The number of fused-ring (bicyclic) bond motifs is 1. The number of nitrogens with one attached hydrogen (secondary N) is 2. The quantitative estimate of drug-likeness (QED) is 0.822. The smallest absolute Gasteiger partial charge is 0.227 e. The van der Waals surface area contributed by atoms with E-state index in [-0.39, 0.29) is 30.2 Å². The van der Waals surface area contributed by atoms with Crippen LogP contribution in [0.4, 0.5) is 0 Å². The van der Waals surface area contributed by atoms with Crippen molar-refractivity contribution in [2.24, 2.45) is 11.3 Å². The van der Waals surface area contributed by atoms with Gasteiger partial charge in [-0.1, -0.05) is 12.8 Å². The van der Waals surface area contributed by atoms with Gasteiger partial charge in [-0.2, -0.15) is 0 Å². The van der Waals surface area contributed by atoms with Crippen LogP contribution in [0.2, 0.25) is 0 Å². The molecule has 0 unspecified atom stereocenters. The highest BCUT2D eigenvalue weighted by atomic mass is 35.5. The number of carbonyl (C=O) groups excluding carboxylic acids is 1. The van der Waals surface area contributed by atoms with Gasteiger partial charge in [0, 0.05) is 19.6 Å². The number of nitrogens with zero attached hydrogens (tertiary/aromatic N) is 1. The summed E-state index contributed by atoms with van der Waals surface area (Å²) >= 11 is 0. The van der Waals surface area contributed by atoms with E-state index in [4.69, 9.17) is 0 Å². The SMILES string of the molecule is Cl.Cl.O=C(NCCN1CCCC1)[C@@]12CCCC[C@H]1CNC2. The molecule has 0 aromatic rings. The zero-order chi connectivity index (χ0) is 13.1. The molecule has 0 aromatic carbocycles. The Morgan fingerprint density at radius 1 is 1.19 bits per heavy atom. The van der Waals surface area contributed by atoms with Crippen LogP contribution in [0.5, 0.6) is 0 Å². The van der Waals surface area contributed by atoms with Crippen molar-refractivity contribution in [3.63, 3.8) is 0 Å². The van der Waals surface area contributed by atoms with Gasteiger partial charge in [-0.15, -0.1) is 24.8 Å². The third-order valence-electron chi connectivity index (χ3n) is 5.40. The number of rotatable bonds is 4. The summed E-state index contributed by atoms with van der Waals surface area (Å²) in [5.41, 5.74) is -0.0801. The van der Waals surface area contributed by atoms with E-state index in [1.807, 2.05) is 0 Å². The average Bonchev–Trinajstić information content (AvgIpc) is 3.08. The van der Waals surface area contributed by atoms with Crippen LogP contribution < -0.4 is 10.6 Å². The van der Waals surface area contributed by atoms with Crippen LogP contribution in [0.25, 0.3) is 0 Å². The fourth-order valence-corrected chi connectivity index (χ4v) is 4.20. The van der Waals surface area contributed by atoms with Crippen molar-refractivity contribution in [3.8, 4) is 0 Å². The van der Waals surface area contributed by atoms with Gasteiger partial charge >= 0.3 is 0 Å². The Bertz CT molecular complexity index is 337. The molecular formula is C15H29Cl2N3O. The number of halogens is 2. The van der Waals surface area contributed by atoms with E-state index in [0.29, 0.717) is 11.8 Å². The predicted octanol–water partition coefficient (Wildman–Crippen LogP) is 1.82. The van der Waals surface area contributed by atoms with Crippen LogP contribution in [0.1, 0.15) is 38.5 Å². The highest BCUT2D eigenvalue weighted by Gasteiger charge is 2.49. The molecule has 2 saturated heterocycles. The van der Waals surface area contributed by atoms with Gasteiger partial charge in [0.05, 0.1) is 5.41 Å². The minimum absolute atomic E-state index is 0. The molecule has 0 spiro atoms. The lowest BCUT2D eigenvalue weighted by Crippen LogP contribution is -2.49. The maximum absolute atomic E-state index is 12.6. The first-order chi connectivity index (χ1) is 9.31. The van der Waals surface area contributed by atoms with E-state index in [0.717, 1.165) is 32.6 Å². The Kier molecular flexibility index (Phi) is 7.75. The topological polar surface area (TPSA) is 44.4 Å². The first kappa shape index (κ1) is 19.0. The first-order valence-corrected chi connectivity index (χ1v) is 8.03. The molecule has 21 heavy (non-hydrogen) atoms. The van der Waals surface area contributed by atoms with Gasteiger partial charge in [0.25, 0.3) is 0 Å². The second-order valence-electron chi connectivity index (χ2n) is 6.53. The van der Waals surface area contributed by atoms with Crippen LogP contribution in [-0.2, 0) is 4.79 Å². The number of carbonyl (C=O) groups is 1. The molecule has 2 aliphatic heterocycles. The van der Waals surface area contributed by atoms with Crippen LogP contribution in [0.3, 0.4) is 0 Å². The molecule has 1 saturated carbocycles. The molecule has 4 nitrogen and oxygen atoms in total. The second kappa shape index (κ2) is 8.56. The maximum Gasteiger partial charge on any atom is 0.227 e. The van der Waals surface area contributed by atoms with Gasteiger partial charge in [0.1, 0.15) is 0 Å². The van der Waals surface area contributed by atoms with E-state index in [9.17, 15) is 4.79 Å². The Morgan fingerprint density at radius 2 is 1.95 bits per heavy atom. The molecule has 124 valence electrons. The van der Waals surface area contributed by atoms with Crippen molar-refractivity contribution >= 4 is 30.7 Å². The van der Waals surface area contributed by atoms with Gasteiger partial charge in [0.2, 0.25) is 5.91 Å². The maximum atomic E-state index is 12.6. The van der Waals surface area contributed by atoms with Crippen molar-refractivity contribution in [3.05, 3.63) is 0 Å². The van der Waals surface area contributed by atoms with Crippen molar-refractivity contribution in [1.29, 1.82) is 0 Å². The lowest BCUT2D eigenvalue weighted by Gasteiger charge is -2.37. The molecule has 6 heteroatoms. The lowest BCUT2D eigenvalue weighted by molar-refractivity contribution is -0.134. The molecule has 0 aromatic heterocycles. The van der Waals surface area contributed by atoms with E-state index in [2.05, 4.69) is 15.5 Å². The summed E-state index contributed by atoms with van der Waals surface area (Å²) in [6.45, 7) is 6.22. The van der Waals surface area contributed by atoms with E-state index in [1.165, 1.54) is 45.2 Å². The molecule has 2 heterocycles. The highest BCUT2D eigenvalue weighted by Crippen LogP contribution is 2.43. The number of likely N-dealkylation sites (tertiary alicyclic amines) is 1. The van der Waals surface area contributed by atoms with E-state index < -0.39 is 0 Å². The molecule has 1 amide bonds. The van der Waals surface area contributed by atoms with Gasteiger partial charge in [-0.25, -0.2) is 0 Å². The van der Waals surface area contributed by atoms with Crippen molar-refractivity contribution < 1.29 is 4.79 Å². The normalized spacial score (nSPS) is 31.9. The second-order valence-corrected chi connectivity index (χ2v) is 6.53. The fraction of sp³-hybridized carbons (Fsp3) is 0.933. The summed E-state index contributed by atoms with van der Waals surface area (Å²) in [6, 6.07) is 0. The molecule has 0 bridgehead atoms. The van der Waals surface area contributed by atoms with Crippen LogP contribution >= 0.6 is 24.8 Å². The van der Waals surface area contributed by atoms with Crippen molar-refractivity contribution in [1.82, 2.24) is 15.5 Å². The van der Waals surface area contributed by atoms with Crippen LogP contribution in [-0.4, -0.2) is 50.1 Å². The number of hydrogen-bond donors (Lipinski definition) is 2. The summed E-state index contributed by atoms with van der Waals surface area (Å²) in [7, 11) is 0. The molecule has 3 rings (SSSR count). The van der Waals surface area contributed by atoms with Crippen LogP contribution in [0.15, 0.2) is 0 Å². The molecule has 1 aliphatic carbocycles. The highest BCUT2D eigenvalue weighted by molar-refractivity contribution is 5.85. The van der Waals surface area contributed by atoms with Gasteiger partial charge in [-0.3, -0.25) is 4.79 Å². The molecule has 2 atom stereocenters. The molecule has 3 fully saturated rings. The minimum Gasteiger partial charge on any atom is -0.354 e. The summed E-state index contributed by atoms with van der Waals surface area (Å²) in [6.07, 6.45) is 7.48. The molecule has 3 aliphatic rings. The Morgan fingerprint density at radius 3 is 2.71 bits per heavy atom. The third kappa shape index (κ3) is 4.04. The lowest BCUT2D eigenvalue weighted by atomic mass is 9.67. The largest absolute Gasteiger partial charge is 0.354 e. The summed E-state index contributed by atoms with van der Waals surface area (Å²) in [5.74, 6) is 0.898. The van der Waals surface area contributed by atoms with Crippen LogP contribution in [0, 0.1) is 11.3 Å². The van der Waals surface area contributed by atoms with Gasteiger partial charge in [0.15, 0.2) is 0 Å². The van der Waals surface area contributed by atoms with E-state index >= 15 is 0 Å². The first-order valence-electron chi connectivity index (χ1n) is 8.03. The summed E-state index contributed by atoms with van der Waals surface area (Å²) in [4.78, 5) is 15.1. The summed E-state index contributed by atoms with van der Waals surface area (Å²) in [5, 5.41) is 6.67. The predicted molar refractivity (Wildman–Crippen MR) is 90.4 cm³/mol. The van der Waals surface area contributed by atoms with Crippen molar-refractivity contribution in [2.45, 2.75) is 38.5 Å². The molecule has 2 N–H and O–H groups in total. The van der Waals surface area contributed by atoms with Gasteiger partial charge in [-0.05, 0) is 51.2 Å². The standard InChI is InChI=1S/C15H27N3O.2ClH/c19-14(17-7-10-18-8-3-4-9-18)15-6-2-1-5-13(15)11-16-12-15;;/h13,16H,1-12H2,(H,17,19);2*1H/t13-,15+;;/m0../s1.